The maximum atomic E-state index is 12.9. The number of benzene rings is 3. The Balaban J connectivity index is 0.000000402. The van der Waals surface area contributed by atoms with E-state index in [-0.39, 0.29) is 12.3 Å². The molecule has 44 heavy (non-hydrogen) atoms. The second-order valence-electron chi connectivity index (χ2n) is 10.0. The van der Waals surface area contributed by atoms with Crippen LogP contribution in [0, 0.1) is 0 Å². The molecule has 0 atom stereocenters. The van der Waals surface area contributed by atoms with Crippen molar-refractivity contribution < 1.29 is 33.6 Å². The minimum atomic E-state index is -0.815. The average Bonchev–Trinajstić information content (AvgIpc) is 3.04. The van der Waals surface area contributed by atoms with E-state index in [2.05, 4.69) is 24.3 Å². The Bertz CT molecular complexity index is 1120. The van der Waals surface area contributed by atoms with Gasteiger partial charge in [0.15, 0.2) is 6.29 Å². The molecule has 0 bridgehead atoms. The summed E-state index contributed by atoms with van der Waals surface area (Å²) >= 11 is 0. The summed E-state index contributed by atoms with van der Waals surface area (Å²) in [5.41, 5.74) is 3.66. The zero-order valence-corrected chi connectivity index (χ0v) is 26.3. The molecule has 1 amide bonds. The SMILES string of the molecule is CCOC(CN(CCc1ccccc1)C(=O)CCOCCc1ccccc1)OCC.O=C(O)CCOCCc1ccccc1. The summed E-state index contributed by atoms with van der Waals surface area (Å²) in [5, 5.41) is 8.35. The van der Waals surface area contributed by atoms with Crippen molar-refractivity contribution in [3.05, 3.63) is 108 Å². The fourth-order valence-electron chi connectivity index (χ4n) is 4.28. The Morgan fingerprint density at radius 3 is 1.50 bits per heavy atom. The zero-order chi connectivity index (χ0) is 31.7. The van der Waals surface area contributed by atoms with Gasteiger partial charge in [0.25, 0.3) is 0 Å². The number of amides is 1. The summed E-state index contributed by atoms with van der Waals surface area (Å²) in [7, 11) is 0. The van der Waals surface area contributed by atoms with Crippen molar-refractivity contribution in [1.29, 1.82) is 0 Å². The molecule has 8 nitrogen and oxygen atoms in total. The van der Waals surface area contributed by atoms with Gasteiger partial charge in [-0.05, 0) is 49.8 Å². The maximum absolute atomic E-state index is 12.9. The Morgan fingerprint density at radius 2 is 1.07 bits per heavy atom. The summed E-state index contributed by atoms with van der Waals surface area (Å²) in [5.74, 6) is -0.750. The van der Waals surface area contributed by atoms with Gasteiger partial charge in [0.1, 0.15) is 0 Å². The Labute approximate surface area is 262 Å². The molecule has 0 fully saturated rings. The second-order valence-corrected chi connectivity index (χ2v) is 10.0. The minimum Gasteiger partial charge on any atom is -0.481 e. The normalized spacial score (nSPS) is 10.7. The lowest BCUT2D eigenvalue weighted by molar-refractivity contribution is -0.159. The lowest BCUT2D eigenvalue weighted by atomic mass is 10.1. The largest absolute Gasteiger partial charge is 0.481 e. The molecule has 0 heterocycles. The highest BCUT2D eigenvalue weighted by Gasteiger charge is 2.19. The zero-order valence-electron chi connectivity index (χ0n) is 26.3. The molecule has 0 aliphatic carbocycles. The summed E-state index contributed by atoms with van der Waals surface area (Å²) in [6.45, 7) is 7.93. The first-order valence-corrected chi connectivity index (χ1v) is 15.5. The van der Waals surface area contributed by atoms with E-state index < -0.39 is 12.3 Å². The van der Waals surface area contributed by atoms with Crippen LogP contribution in [0.5, 0.6) is 0 Å². The standard InChI is InChI=1S/C25H35NO4.C11H14O3/c1-3-29-25(30-4-2)21-26(18-15-22-11-7-5-8-12-22)24(27)17-20-28-19-16-23-13-9-6-10-14-23;12-11(13)7-9-14-8-6-10-4-2-1-3-5-10/h5-14,25H,3-4,15-21H2,1-2H3;1-5H,6-9H2,(H,12,13). The summed E-state index contributed by atoms with van der Waals surface area (Å²) in [4.78, 5) is 24.9. The van der Waals surface area contributed by atoms with Gasteiger partial charge in [-0.3, -0.25) is 9.59 Å². The van der Waals surface area contributed by atoms with E-state index >= 15 is 0 Å². The van der Waals surface area contributed by atoms with Crippen LogP contribution in [0.25, 0.3) is 0 Å². The van der Waals surface area contributed by atoms with Gasteiger partial charge in [-0.15, -0.1) is 0 Å². The van der Waals surface area contributed by atoms with Gasteiger partial charge in [-0.2, -0.15) is 0 Å². The molecule has 0 aliphatic heterocycles. The van der Waals surface area contributed by atoms with Crippen molar-refractivity contribution in [3.63, 3.8) is 0 Å². The molecule has 0 aliphatic rings. The Morgan fingerprint density at radius 1 is 0.636 bits per heavy atom. The number of carbonyl (C=O) groups is 2. The number of hydrogen-bond acceptors (Lipinski definition) is 6. The molecule has 3 aromatic carbocycles. The van der Waals surface area contributed by atoms with Crippen molar-refractivity contribution in [2.24, 2.45) is 0 Å². The molecular formula is C36H49NO7. The number of nitrogens with zero attached hydrogens (tertiary/aromatic N) is 1. The molecule has 3 aromatic rings. The smallest absolute Gasteiger partial charge is 0.305 e. The molecule has 0 aromatic heterocycles. The predicted molar refractivity (Wildman–Crippen MR) is 173 cm³/mol. The van der Waals surface area contributed by atoms with Crippen LogP contribution in [0.1, 0.15) is 43.4 Å². The average molecular weight is 608 g/mol. The fourth-order valence-corrected chi connectivity index (χ4v) is 4.28. The highest BCUT2D eigenvalue weighted by Crippen LogP contribution is 2.08. The molecule has 8 heteroatoms. The molecule has 0 unspecified atom stereocenters. The van der Waals surface area contributed by atoms with E-state index in [0.717, 1.165) is 19.3 Å². The van der Waals surface area contributed by atoms with Gasteiger partial charge >= 0.3 is 5.97 Å². The van der Waals surface area contributed by atoms with E-state index in [0.29, 0.717) is 59.2 Å². The Hall–Kier alpha value is -3.56. The topological polar surface area (TPSA) is 94.5 Å². The van der Waals surface area contributed by atoms with Crippen molar-refractivity contribution >= 4 is 11.9 Å². The van der Waals surface area contributed by atoms with Gasteiger partial charge in [-0.25, -0.2) is 0 Å². The van der Waals surface area contributed by atoms with Crippen LogP contribution in [-0.4, -0.2) is 80.9 Å². The second kappa shape index (κ2) is 23.8. The maximum Gasteiger partial charge on any atom is 0.305 e. The monoisotopic (exact) mass is 607 g/mol. The van der Waals surface area contributed by atoms with Crippen LogP contribution in [0.3, 0.4) is 0 Å². The van der Waals surface area contributed by atoms with Gasteiger partial charge in [0.05, 0.1) is 45.8 Å². The van der Waals surface area contributed by atoms with Crippen LogP contribution in [-0.2, 0) is 47.8 Å². The van der Waals surface area contributed by atoms with E-state index in [1.54, 1.807) is 0 Å². The molecule has 240 valence electrons. The number of carboxylic acids is 1. The molecule has 0 saturated heterocycles. The van der Waals surface area contributed by atoms with Gasteiger partial charge in [0, 0.05) is 19.8 Å². The van der Waals surface area contributed by atoms with E-state index in [4.69, 9.17) is 24.1 Å². The van der Waals surface area contributed by atoms with Crippen LogP contribution < -0.4 is 0 Å². The van der Waals surface area contributed by atoms with Crippen LogP contribution in [0.4, 0.5) is 0 Å². The molecule has 0 radical (unpaired) electrons. The van der Waals surface area contributed by atoms with Gasteiger partial charge < -0.3 is 29.0 Å². The highest BCUT2D eigenvalue weighted by molar-refractivity contribution is 5.76. The number of aliphatic carboxylic acids is 1. The molecular weight excluding hydrogens is 558 g/mol. The minimum absolute atomic E-state index is 0.0649. The van der Waals surface area contributed by atoms with Crippen molar-refractivity contribution in [2.75, 3.05) is 52.7 Å². The number of carbonyl (C=O) groups excluding carboxylic acids is 1. The fraction of sp³-hybridized carbons (Fsp3) is 0.444. The summed E-state index contributed by atoms with van der Waals surface area (Å²) in [6.07, 6.45) is 2.51. The van der Waals surface area contributed by atoms with Crippen molar-refractivity contribution in [1.82, 2.24) is 4.90 Å². The third-order valence-corrected chi connectivity index (χ3v) is 6.62. The first-order chi connectivity index (χ1) is 21.5. The summed E-state index contributed by atoms with van der Waals surface area (Å²) in [6, 6.07) is 30.4. The van der Waals surface area contributed by atoms with Crippen molar-refractivity contribution in [3.8, 4) is 0 Å². The van der Waals surface area contributed by atoms with Gasteiger partial charge in [-0.1, -0.05) is 91.0 Å². The Kier molecular flexibility index (Phi) is 19.8. The summed E-state index contributed by atoms with van der Waals surface area (Å²) < 4.78 is 22.2. The van der Waals surface area contributed by atoms with Crippen molar-refractivity contribution in [2.45, 2.75) is 52.2 Å². The molecule has 3 rings (SSSR count). The quantitative estimate of drug-likeness (QED) is 0.120. The number of ether oxygens (including phenoxy) is 4. The third-order valence-electron chi connectivity index (χ3n) is 6.62. The molecule has 0 saturated carbocycles. The van der Waals surface area contributed by atoms with E-state index in [1.807, 2.05) is 85.5 Å². The molecule has 1 N–H and O–H groups in total. The number of carboxylic acid groups (broad SMARTS) is 1. The highest BCUT2D eigenvalue weighted by atomic mass is 16.7. The first kappa shape index (κ1) is 36.6. The van der Waals surface area contributed by atoms with E-state index in [9.17, 15) is 9.59 Å². The number of rotatable bonds is 21. The first-order valence-electron chi connectivity index (χ1n) is 15.5. The van der Waals surface area contributed by atoms with Crippen LogP contribution in [0.15, 0.2) is 91.0 Å². The third kappa shape index (κ3) is 17.5. The lowest BCUT2D eigenvalue weighted by Gasteiger charge is -2.27. The predicted octanol–water partition coefficient (Wildman–Crippen LogP) is 5.83. The van der Waals surface area contributed by atoms with E-state index in [1.165, 1.54) is 16.7 Å². The van der Waals surface area contributed by atoms with Crippen LogP contribution >= 0.6 is 0 Å². The number of hydrogen-bond donors (Lipinski definition) is 1. The van der Waals surface area contributed by atoms with Gasteiger partial charge in [0.2, 0.25) is 5.91 Å². The molecule has 0 spiro atoms. The lowest BCUT2D eigenvalue weighted by Crippen LogP contribution is -2.41. The van der Waals surface area contributed by atoms with Crippen LogP contribution in [0.2, 0.25) is 0 Å².